The second-order valence-electron chi connectivity index (χ2n) is 6.66. The van der Waals surface area contributed by atoms with Crippen LogP contribution in [0.1, 0.15) is 79.1 Å². The molecule has 0 saturated carbocycles. The lowest BCUT2D eigenvalue weighted by atomic mass is 10.2. The van der Waals surface area contributed by atoms with E-state index in [-0.39, 0.29) is 13.1 Å². The lowest BCUT2D eigenvalue weighted by Crippen LogP contribution is -2.45. The fourth-order valence-electron chi connectivity index (χ4n) is 2.52. The highest BCUT2D eigenvalue weighted by Gasteiger charge is 2.33. The van der Waals surface area contributed by atoms with Gasteiger partial charge in [-0.25, -0.2) is 10.1 Å². The van der Waals surface area contributed by atoms with Crippen LogP contribution in [0.4, 0.5) is 0 Å². The molecule has 2 amide bonds. The molecule has 0 aromatic heterocycles. The van der Waals surface area contributed by atoms with Crippen LogP contribution >= 0.6 is 0 Å². The molecule has 0 aromatic rings. The molecule has 0 unspecified atom stereocenters. The molecule has 26 heavy (non-hydrogen) atoms. The van der Waals surface area contributed by atoms with Crippen LogP contribution in [0.5, 0.6) is 0 Å². The van der Waals surface area contributed by atoms with Crippen LogP contribution in [-0.2, 0) is 20.4 Å². The fourth-order valence-corrected chi connectivity index (χ4v) is 3.77. The van der Waals surface area contributed by atoms with Gasteiger partial charge in [0.1, 0.15) is 10.5 Å². The molecule has 0 aromatic carbocycles. The van der Waals surface area contributed by atoms with Crippen LogP contribution in [0.25, 0.3) is 0 Å². The van der Waals surface area contributed by atoms with Gasteiger partial charge in [-0.3, -0.25) is 24.2 Å². The average molecular weight is 393 g/mol. The zero-order valence-corrected chi connectivity index (χ0v) is 17.5. The minimum Gasteiger partial charge on any atom is -0.286 e. The van der Waals surface area contributed by atoms with E-state index < -0.39 is 33.1 Å². The van der Waals surface area contributed by atoms with E-state index in [0.717, 1.165) is 38.5 Å². The Balaban J connectivity index is 4.49. The number of rotatable bonds is 14. The van der Waals surface area contributed by atoms with Crippen molar-refractivity contribution in [1.29, 1.82) is 0 Å². The quantitative estimate of drug-likeness (QED) is 0.269. The minimum absolute atomic E-state index is 0.187. The van der Waals surface area contributed by atoms with Gasteiger partial charge in [0.15, 0.2) is 0 Å². The Morgan fingerprint density at radius 2 is 1.12 bits per heavy atom. The molecule has 0 aliphatic rings. The molecule has 0 rings (SSSR count). The molecule has 0 saturated heterocycles. The van der Waals surface area contributed by atoms with Crippen molar-refractivity contribution >= 4 is 22.6 Å². The smallest absolute Gasteiger partial charge is 0.261 e. The lowest BCUT2D eigenvalue weighted by Gasteiger charge is -2.23. The Kier molecular flexibility index (Phi) is 13.6. The first kappa shape index (κ1) is 25.0. The maximum absolute atomic E-state index is 12.5. The molecule has 0 spiro atoms. The van der Waals surface area contributed by atoms with Gasteiger partial charge >= 0.3 is 0 Å². The minimum atomic E-state index is -1.83. The van der Waals surface area contributed by atoms with Crippen LogP contribution < -0.4 is 0 Å². The average Bonchev–Trinajstić information content (AvgIpc) is 2.65. The van der Waals surface area contributed by atoms with Crippen LogP contribution in [0.3, 0.4) is 0 Å². The molecule has 8 heteroatoms. The highest BCUT2D eigenvalue weighted by molar-refractivity contribution is 7.87. The molecule has 0 aliphatic heterocycles. The number of carbonyl (C=O) groups excluding carboxylic acids is 2. The molecule has 2 atom stereocenters. The van der Waals surface area contributed by atoms with Gasteiger partial charge in [0, 0.05) is 23.9 Å². The van der Waals surface area contributed by atoms with Crippen molar-refractivity contribution in [3.8, 4) is 0 Å². The standard InChI is InChI=1S/C18H36N2O5S/c1-5-7-9-11-13-19(23)17(21)15(3)26(25)16(4)18(22)20(24)14-12-10-8-6-2/h15-16,23-24H,5-14H2,1-4H3/t15-,16-/m0/s1. The number of hydrogen-bond donors (Lipinski definition) is 2. The number of nitrogens with zero attached hydrogens (tertiary/aromatic N) is 2. The molecule has 0 heterocycles. The predicted molar refractivity (Wildman–Crippen MR) is 102 cm³/mol. The van der Waals surface area contributed by atoms with Crippen LogP contribution in [0, 0.1) is 0 Å². The highest BCUT2D eigenvalue weighted by Crippen LogP contribution is 2.11. The molecule has 2 N–H and O–H groups in total. The third-order valence-corrected chi connectivity index (χ3v) is 6.15. The van der Waals surface area contributed by atoms with Crippen molar-refractivity contribution in [3.63, 3.8) is 0 Å². The summed E-state index contributed by atoms with van der Waals surface area (Å²) in [7, 11) is -1.83. The van der Waals surface area contributed by atoms with Gasteiger partial charge in [0.2, 0.25) is 0 Å². The van der Waals surface area contributed by atoms with E-state index in [4.69, 9.17) is 0 Å². The molecular weight excluding hydrogens is 356 g/mol. The van der Waals surface area contributed by atoms with E-state index in [1.807, 2.05) is 0 Å². The highest BCUT2D eigenvalue weighted by atomic mass is 32.2. The summed E-state index contributed by atoms with van der Waals surface area (Å²) in [6.45, 7) is 7.37. The maximum atomic E-state index is 12.5. The molecule has 0 aliphatic carbocycles. The SMILES string of the molecule is CCCCCCN(O)C(=O)[C@H](C)S(=O)[C@@H](C)C(=O)N(O)CCCCCC. The monoisotopic (exact) mass is 392 g/mol. The van der Waals surface area contributed by atoms with Gasteiger partial charge in [-0.05, 0) is 26.7 Å². The first-order valence-corrected chi connectivity index (χ1v) is 10.9. The predicted octanol–water partition coefficient (Wildman–Crippen LogP) is 3.11. The van der Waals surface area contributed by atoms with Gasteiger partial charge in [-0.1, -0.05) is 52.4 Å². The van der Waals surface area contributed by atoms with Gasteiger partial charge in [-0.15, -0.1) is 0 Å². The van der Waals surface area contributed by atoms with E-state index in [1.54, 1.807) is 0 Å². The summed E-state index contributed by atoms with van der Waals surface area (Å²) in [6, 6.07) is 0. The first-order valence-electron chi connectivity index (χ1n) is 9.67. The molecular formula is C18H36N2O5S. The van der Waals surface area contributed by atoms with E-state index in [9.17, 15) is 24.2 Å². The van der Waals surface area contributed by atoms with Crippen LogP contribution in [0.2, 0.25) is 0 Å². The second kappa shape index (κ2) is 14.1. The number of hydroxylamine groups is 4. The van der Waals surface area contributed by atoms with E-state index in [2.05, 4.69) is 13.8 Å². The maximum Gasteiger partial charge on any atom is 0.261 e. The summed E-state index contributed by atoms with van der Waals surface area (Å²) >= 11 is 0. The Morgan fingerprint density at radius 1 is 0.769 bits per heavy atom. The number of hydrogen-bond acceptors (Lipinski definition) is 5. The van der Waals surface area contributed by atoms with Crippen molar-refractivity contribution in [2.45, 2.75) is 89.6 Å². The molecule has 0 radical (unpaired) electrons. The van der Waals surface area contributed by atoms with Crippen molar-refractivity contribution < 1.29 is 24.2 Å². The number of amides is 2. The van der Waals surface area contributed by atoms with Gasteiger partial charge in [0.25, 0.3) is 11.8 Å². The number of unbranched alkanes of at least 4 members (excludes halogenated alkanes) is 6. The first-order chi connectivity index (χ1) is 12.3. The zero-order chi connectivity index (χ0) is 20.1. The van der Waals surface area contributed by atoms with E-state index in [1.165, 1.54) is 13.8 Å². The number of carbonyl (C=O) groups is 2. The Labute approximate surface area is 160 Å². The van der Waals surface area contributed by atoms with Crippen molar-refractivity contribution in [2.75, 3.05) is 13.1 Å². The van der Waals surface area contributed by atoms with Crippen LogP contribution in [0.15, 0.2) is 0 Å². The Morgan fingerprint density at radius 3 is 1.42 bits per heavy atom. The van der Waals surface area contributed by atoms with Gasteiger partial charge in [0.05, 0.1) is 0 Å². The van der Waals surface area contributed by atoms with Crippen molar-refractivity contribution in [3.05, 3.63) is 0 Å². The molecule has 154 valence electrons. The largest absolute Gasteiger partial charge is 0.286 e. The summed E-state index contributed by atoms with van der Waals surface area (Å²) in [4.78, 5) is 24.4. The molecule has 0 fully saturated rings. The topological polar surface area (TPSA) is 98.2 Å². The molecule has 0 bridgehead atoms. The third kappa shape index (κ3) is 9.09. The third-order valence-electron chi connectivity index (χ3n) is 4.35. The summed E-state index contributed by atoms with van der Waals surface area (Å²) in [5, 5.41) is 18.8. The van der Waals surface area contributed by atoms with Gasteiger partial charge < -0.3 is 0 Å². The zero-order valence-electron chi connectivity index (χ0n) is 16.6. The lowest BCUT2D eigenvalue weighted by molar-refractivity contribution is -0.165. The van der Waals surface area contributed by atoms with Crippen molar-refractivity contribution in [1.82, 2.24) is 10.1 Å². The van der Waals surface area contributed by atoms with E-state index in [0.29, 0.717) is 23.0 Å². The van der Waals surface area contributed by atoms with Gasteiger partial charge in [-0.2, -0.15) is 0 Å². The normalized spacial score (nSPS) is 13.5. The second-order valence-corrected chi connectivity index (χ2v) is 8.73. The Bertz CT molecular complexity index is 409. The summed E-state index contributed by atoms with van der Waals surface area (Å²) < 4.78 is 12.5. The summed E-state index contributed by atoms with van der Waals surface area (Å²) in [6.07, 6.45) is 7.32. The van der Waals surface area contributed by atoms with E-state index >= 15 is 0 Å². The van der Waals surface area contributed by atoms with Crippen molar-refractivity contribution in [2.24, 2.45) is 0 Å². The Hall–Kier alpha value is -0.990. The summed E-state index contributed by atoms with van der Waals surface area (Å²) in [5.74, 6) is -1.32. The fraction of sp³-hybridized carbons (Fsp3) is 0.889. The summed E-state index contributed by atoms with van der Waals surface area (Å²) in [5.41, 5.74) is 0. The molecule has 7 nitrogen and oxygen atoms in total. The van der Waals surface area contributed by atoms with Crippen LogP contribution in [-0.4, -0.2) is 60.2 Å².